The zero-order valence-corrected chi connectivity index (χ0v) is 19.1. The molecule has 6 heteroatoms. The van der Waals surface area contributed by atoms with Gasteiger partial charge < -0.3 is 15.0 Å². The number of amides is 2. The van der Waals surface area contributed by atoms with Crippen LogP contribution in [-0.2, 0) is 16.8 Å². The standard InChI is InChI=1S/C28H29FN2O3/c29-25-16-8-7-15-24(25)26(32)31-20-17-28(18-21-31,23-13-5-2-6-14-23)34-27(33)30-19-9-12-22-10-3-1-4-11-22/h1-8,10-11,13-16H,9,12,17-21H2,(H,30,33). The molecule has 5 nitrogen and oxygen atoms in total. The lowest BCUT2D eigenvalue weighted by molar-refractivity contribution is -0.0357. The maximum Gasteiger partial charge on any atom is 0.408 e. The lowest BCUT2D eigenvalue weighted by Gasteiger charge is -2.41. The molecule has 0 spiro atoms. The average Bonchev–Trinajstić information content (AvgIpc) is 2.88. The van der Waals surface area contributed by atoms with E-state index >= 15 is 0 Å². The van der Waals surface area contributed by atoms with Crippen LogP contribution in [0.25, 0.3) is 0 Å². The van der Waals surface area contributed by atoms with E-state index in [1.54, 1.807) is 17.0 Å². The maximum atomic E-state index is 14.1. The number of piperidine rings is 1. The zero-order chi connectivity index (χ0) is 23.8. The summed E-state index contributed by atoms with van der Waals surface area (Å²) >= 11 is 0. The lowest BCUT2D eigenvalue weighted by Crippen LogP contribution is -2.48. The van der Waals surface area contributed by atoms with Gasteiger partial charge in [0.05, 0.1) is 5.56 Å². The average molecular weight is 461 g/mol. The van der Waals surface area contributed by atoms with Crippen molar-refractivity contribution in [2.24, 2.45) is 0 Å². The fourth-order valence-corrected chi connectivity index (χ4v) is 4.41. The van der Waals surface area contributed by atoms with Crippen LogP contribution in [0.5, 0.6) is 0 Å². The van der Waals surface area contributed by atoms with Crippen molar-refractivity contribution < 1.29 is 18.7 Å². The summed E-state index contributed by atoms with van der Waals surface area (Å²) in [6, 6.07) is 25.8. The summed E-state index contributed by atoms with van der Waals surface area (Å²) in [5, 5.41) is 2.87. The minimum atomic E-state index is -0.837. The van der Waals surface area contributed by atoms with E-state index in [-0.39, 0.29) is 11.5 Å². The van der Waals surface area contributed by atoms with Crippen LogP contribution in [0.2, 0.25) is 0 Å². The number of aryl methyl sites for hydroxylation is 1. The number of alkyl carbamates (subject to hydrolysis) is 1. The van der Waals surface area contributed by atoms with Crippen LogP contribution >= 0.6 is 0 Å². The van der Waals surface area contributed by atoms with Crippen LogP contribution in [0.4, 0.5) is 9.18 Å². The van der Waals surface area contributed by atoms with Crippen LogP contribution < -0.4 is 5.32 Å². The van der Waals surface area contributed by atoms with Gasteiger partial charge in [-0.2, -0.15) is 0 Å². The molecular weight excluding hydrogens is 431 g/mol. The van der Waals surface area contributed by atoms with Crippen molar-refractivity contribution >= 4 is 12.0 Å². The van der Waals surface area contributed by atoms with E-state index in [4.69, 9.17) is 4.74 Å². The first-order valence-corrected chi connectivity index (χ1v) is 11.7. The Morgan fingerprint density at radius 1 is 0.882 bits per heavy atom. The fourth-order valence-electron chi connectivity index (χ4n) is 4.41. The first-order valence-electron chi connectivity index (χ1n) is 11.7. The molecule has 1 heterocycles. The molecule has 0 aliphatic carbocycles. The van der Waals surface area contributed by atoms with Gasteiger partial charge in [0.25, 0.3) is 5.91 Å². The molecule has 0 saturated carbocycles. The van der Waals surface area contributed by atoms with Gasteiger partial charge in [0.15, 0.2) is 0 Å². The number of nitrogens with zero attached hydrogens (tertiary/aromatic N) is 1. The monoisotopic (exact) mass is 460 g/mol. The largest absolute Gasteiger partial charge is 0.438 e. The Kier molecular flexibility index (Phi) is 7.58. The SMILES string of the molecule is O=C(NCCCc1ccccc1)OC1(c2ccccc2)CCN(C(=O)c2ccccc2F)CC1. The van der Waals surface area contributed by atoms with E-state index in [9.17, 15) is 14.0 Å². The molecule has 0 bridgehead atoms. The van der Waals surface area contributed by atoms with Gasteiger partial charge in [0, 0.05) is 32.5 Å². The maximum absolute atomic E-state index is 14.1. The van der Waals surface area contributed by atoms with Gasteiger partial charge in [-0.3, -0.25) is 4.79 Å². The number of rotatable bonds is 7. The molecule has 1 aliphatic rings. The minimum Gasteiger partial charge on any atom is -0.438 e. The van der Waals surface area contributed by atoms with Gasteiger partial charge in [0.1, 0.15) is 11.4 Å². The summed E-state index contributed by atoms with van der Waals surface area (Å²) in [7, 11) is 0. The Morgan fingerprint density at radius 3 is 2.18 bits per heavy atom. The molecule has 1 saturated heterocycles. The number of carbonyl (C=O) groups is 2. The predicted molar refractivity (Wildman–Crippen MR) is 129 cm³/mol. The summed E-state index contributed by atoms with van der Waals surface area (Å²) in [6.45, 7) is 1.24. The van der Waals surface area contributed by atoms with Gasteiger partial charge in [-0.25, -0.2) is 9.18 Å². The third-order valence-corrected chi connectivity index (χ3v) is 6.30. The number of halogens is 1. The van der Waals surface area contributed by atoms with Crippen molar-refractivity contribution in [2.45, 2.75) is 31.3 Å². The van der Waals surface area contributed by atoms with Gasteiger partial charge in [-0.1, -0.05) is 72.8 Å². The lowest BCUT2D eigenvalue weighted by atomic mass is 9.84. The van der Waals surface area contributed by atoms with Gasteiger partial charge >= 0.3 is 6.09 Å². The summed E-state index contributed by atoms with van der Waals surface area (Å²) in [5.74, 6) is -0.872. The molecule has 1 N–H and O–H groups in total. The second-order valence-corrected chi connectivity index (χ2v) is 8.54. The fraction of sp³-hybridized carbons (Fsp3) is 0.286. The molecule has 1 fully saturated rings. The van der Waals surface area contributed by atoms with Crippen molar-refractivity contribution in [3.63, 3.8) is 0 Å². The molecule has 34 heavy (non-hydrogen) atoms. The quantitative estimate of drug-likeness (QED) is 0.486. The third kappa shape index (κ3) is 5.63. The van der Waals surface area contributed by atoms with E-state index in [0.717, 1.165) is 18.4 Å². The molecule has 0 unspecified atom stereocenters. The van der Waals surface area contributed by atoms with E-state index < -0.39 is 17.5 Å². The van der Waals surface area contributed by atoms with Crippen molar-refractivity contribution in [3.05, 3.63) is 107 Å². The topological polar surface area (TPSA) is 58.6 Å². The van der Waals surface area contributed by atoms with Crippen LogP contribution in [-0.4, -0.2) is 36.5 Å². The number of carbonyl (C=O) groups excluding carboxylic acids is 2. The van der Waals surface area contributed by atoms with Gasteiger partial charge in [0.2, 0.25) is 0 Å². The van der Waals surface area contributed by atoms with Crippen molar-refractivity contribution in [1.29, 1.82) is 0 Å². The summed E-state index contributed by atoms with van der Waals surface area (Å²) in [5.41, 5.74) is 1.35. The molecule has 4 rings (SSSR count). The molecular formula is C28H29FN2O3. The first kappa shape index (κ1) is 23.5. The Labute approximate surface area is 199 Å². The number of benzene rings is 3. The van der Waals surface area contributed by atoms with Crippen molar-refractivity contribution in [2.75, 3.05) is 19.6 Å². The van der Waals surface area contributed by atoms with Crippen LogP contribution in [0, 0.1) is 5.82 Å². The number of hydrogen-bond donors (Lipinski definition) is 1. The zero-order valence-electron chi connectivity index (χ0n) is 19.1. The molecule has 3 aromatic rings. The van der Waals surface area contributed by atoms with E-state index in [2.05, 4.69) is 17.4 Å². The molecule has 0 atom stereocenters. The van der Waals surface area contributed by atoms with Crippen molar-refractivity contribution in [1.82, 2.24) is 10.2 Å². The molecule has 0 radical (unpaired) electrons. The summed E-state index contributed by atoms with van der Waals surface area (Å²) in [4.78, 5) is 27.2. The summed E-state index contributed by atoms with van der Waals surface area (Å²) < 4.78 is 20.1. The molecule has 2 amide bonds. The Morgan fingerprint density at radius 2 is 1.50 bits per heavy atom. The number of likely N-dealkylation sites (tertiary alicyclic amines) is 1. The van der Waals surface area contributed by atoms with Crippen LogP contribution in [0.15, 0.2) is 84.9 Å². The highest BCUT2D eigenvalue weighted by Gasteiger charge is 2.41. The second-order valence-electron chi connectivity index (χ2n) is 8.54. The second kappa shape index (κ2) is 11.0. The Hall–Kier alpha value is -3.67. The highest BCUT2D eigenvalue weighted by Crippen LogP contribution is 2.37. The Bertz CT molecular complexity index is 1100. The molecule has 176 valence electrons. The number of nitrogens with one attached hydrogen (secondary N) is 1. The van der Waals surface area contributed by atoms with Crippen molar-refractivity contribution in [3.8, 4) is 0 Å². The van der Waals surface area contributed by atoms with Crippen LogP contribution in [0.1, 0.15) is 40.7 Å². The Balaban J connectivity index is 1.38. The summed E-state index contributed by atoms with van der Waals surface area (Å²) in [6.07, 6.45) is 2.09. The number of hydrogen-bond acceptors (Lipinski definition) is 3. The highest BCUT2D eigenvalue weighted by atomic mass is 19.1. The smallest absolute Gasteiger partial charge is 0.408 e. The predicted octanol–water partition coefficient (Wildman–Crippen LogP) is 5.32. The van der Waals surface area contributed by atoms with E-state index in [1.807, 2.05) is 48.5 Å². The highest BCUT2D eigenvalue weighted by molar-refractivity contribution is 5.94. The van der Waals surface area contributed by atoms with E-state index in [1.165, 1.54) is 17.7 Å². The first-order chi connectivity index (χ1) is 16.6. The molecule has 3 aromatic carbocycles. The normalized spacial score (nSPS) is 14.9. The van der Waals surface area contributed by atoms with E-state index in [0.29, 0.717) is 32.5 Å². The van der Waals surface area contributed by atoms with Crippen LogP contribution in [0.3, 0.4) is 0 Å². The molecule has 0 aromatic heterocycles. The minimum absolute atomic E-state index is 0.0618. The third-order valence-electron chi connectivity index (χ3n) is 6.30. The number of ether oxygens (including phenoxy) is 1. The van der Waals surface area contributed by atoms with Gasteiger partial charge in [-0.05, 0) is 36.1 Å². The molecule has 1 aliphatic heterocycles. The van der Waals surface area contributed by atoms with Gasteiger partial charge in [-0.15, -0.1) is 0 Å².